The number of aliphatic hydroxyl groups is 2. The number of hydrogen-bond acceptors (Lipinski definition) is 4. The fourth-order valence-corrected chi connectivity index (χ4v) is 2.45. The Balaban J connectivity index is 3.38. The summed E-state index contributed by atoms with van der Waals surface area (Å²) in [5, 5.41) is 19.0. The van der Waals surface area contributed by atoms with Gasteiger partial charge in [0.05, 0.1) is 17.2 Å². The third-order valence-electron chi connectivity index (χ3n) is 2.83. The lowest BCUT2D eigenvalue weighted by molar-refractivity contribution is -0.147. The van der Waals surface area contributed by atoms with E-state index in [1.54, 1.807) is 0 Å². The molecule has 1 rings (SSSR count). The third kappa shape index (κ3) is 5.11. The van der Waals surface area contributed by atoms with Gasteiger partial charge in [0.2, 0.25) is 0 Å². The molecule has 0 saturated heterocycles. The molecule has 23 heavy (non-hydrogen) atoms. The van der Waals surface area contributed by atoms with Crippen LogP contribution in [-0.4, -0.2) is 27.2 Å². The van der Waals surface area contributed by atoms with Crippen molar-refractivity contribution in [3.63, 3.8) is 0 Å². The number of carbonyl (C=O) groups is 1. The smallest absolute Gasteiger partial charge is 0.389 e. The number of carbonyl (C=O) groups excluding carboxylic acids is 1. The predicted molar refractivity (Wildman–Crippen MR) is 70.6 cm³/mol. The van der Waals surface area contributed by atoms with E-state index in [9.17, 15) is 41.4 Å². The van der Waals surface area contributed by atoms with Gasteiger partial charge in [0.15, 0.2) is 5.12 Å². The zero-order chi connectivity index (χ0) is 18.0. The first kappa shape index (κ1) is 19.8. The Hall–Kier alpha value is -1.26. The summed E-state index contributed by atoms with van der Waals surface area (Å²) >= 11 is 0.478. The molecule has 0 radical (unpaired) electrons. The largest absolute Gasteiger partial charge is 0.416 e. The molecule has 2 atom stereocenters. The van der Waals surface area contributed by atoms with Crippen LogP contribution in [0.1, 0.15) is 29.7 Å². The van der Waals surface area contributed by atoms with Crippen LogP contribution >= 0.6 is 11.8 Å². The Bertz CT molecular complexity index is 538. The zero-order valence-corrected chi connectivity index (χ0v) is 12.4. The van der Waals surface area contributed by atoms with Crippen molar-refractivity contribution in [3.05, 3.63) is 34.9 Å². The maximum atomic E-state index is 12.9. The third-order valence-corrected chi connectivity index (χ3v) is 3.75. The van der Waals surface area contributed by atoms with Gasteiger partial charge in [-0.2, -0.15) is 26.3 Å². The maximum absolute atomic E-state index is 12.9. The lowest BCUT2D eigenvalue weighted by Gasteiger charge is -2.25. The molecule has 3 nitrogen and oxygen atoms in total. The van der Waals surface area contributed by atoms with Gasteiger partial charge >= 0.3 is 12.4 Å². The van der Waals surface area contributed by atoms with E-state index in [4.69, 9.17) is 0 Å². The van der Waals surface area contributed by atoms with Crippen LogP contribution in [0.15, 0.2) is 18.2 Å². The minimum absolute atomic E-state index is 0.388. The summed E-state index contributed by atoms with van der Waals surface area (Å²) in [6.07, 6.45) is -14.7. The molecule has 0 spiro atoms. The first-order valence-corrected chi connectivity index (χ1v) is 7.11. The lowest BCUT2D eigenvalue weighted by atomic mass is 9.93. The second kappa shape index (κ2) is 7.10. The molecular formula is C13H12F6O3S. The molecule has 1 aromatic rings. The van der Waals surface area contributed by atoms with Gasteiger partial charge in [-0.1, -0.05) is 17.8 Å². The fourth-order valence-electron chi connectivity index (χ4n) is 1.86. The average molecular weight is 362 g/mol. The molecule has 0 aliphatic heterocycles. The molecule has 1 aromatic carbocycles. The molecule has 2 unspecified atom stereocenters. The average Bonchev–Trinajstić information content (AvgIpc) is 2.41. The van der Waals surface area contributed by atoms with E-state index in [-0.39, 0.29) is 0 Å². The molecule has 0 aliphatic rings. The van der Waals surface area contributed by atoms with Crippen LogP contribution in [0, 0.1) is 0 Å². The van der Waals surface area contributed by atoms with Gasteiger partial charge in [-0.15, -0.1) is 0 Å². The fraction of sp³-hybridized carbons (Fsp3) is 0.462. The van der Waals surface area contributed by atoms with Gasteiger partial charge in [-0.25, -0.2) is 0 Å². The van der Waals surface area contributed by atoms with Crippen LogP contribution in [0.5, 0.6) is 0 Å². The second-order valence-corrected chi connectivity index (χ2v) is 5.77. The Morgan fingerprint density at radius 2 is 1.52 bits per heavy atom. The van der Waals surface area contributed by atoms with Crippen LogP contribution in [0.3, 0.4) is 0 Å². The Kier molecular flexibility index (Phi) is 6.11. The van der Waals surface area contributed by atoms with Gasteiger partial charge in [-0.3, -0.25) is 4.79 Å². The maximum Gasteiger partial charge on any atom is 0.416 e. The summed E-state index contributed by atoms with van der Waals surface area (Å²) < 4.78 is 77.6. The minimum atomic E-state index is -5.15. The molecule has 0 bridgehead atoms. The molecule has 130 valence electrons. The molecule has 0 heterocycles. The summed E-state index contributed by atoms with van der Waals surface area (Å²) in [4.78, 5) is 10.8. The molecule has 2 N–H and O–H groups in total. The predicted octanol–water partition coefficient (Wildman–Crippen LogP) is 3.40. The van der Waals surface area contributed by atoms with Gasteiger partial charge in [-0.05, 0) is 12.1 Å². The van der Waals surface area contributed by atoms with Crippen molar-refractivity contribution in [2.75, 3.05) is 5.75 Å². The van der Waals surface area contributed by atoms with Gasteiger partial charge < -0.3 is 10.2 Å². The van der Waals surface area contributed by atoms with Crippen molar-refractivity contribution in [1.82, 2.24) is 0 Å². The topological polar surface area (TPSA) is 57.5 Å². The van der Waals surface area contributed by atoms with E-state index >= 15 is 0 Å². The highest BCUT2D eigenvalue weighted by Gasteiger charge is 2.43. The number of hydrogen-bond donors (Lipinski definition) is 2. The second-order valence-electron chi connectivity index (χ2n) is 4.58. The van der Waals surface area contributed by atoms with Gasteiger partial charge in [0.25, 0.3) is 0 Å². The van der Waals surface area contributed by atoms with Crippen molar-refractivity contribution in [2.45, 2.75) is 31.5 Å². The van der Waals surface area contributed by atoms with E-state index in [0.29, 0.717) is 30.0 Å². The number of halogens is 6. The summed E-state index contributed by atoms with van der Waals surface area (Å²) in [6, 6.07) is 1.34. The van der Waals surface area contributed by atoms with Crippen molar-refractivity contribution >= 4 is 16.9 Å². The number of alkyl halides is 6. The van der Waals surface area contributed by atoms with Crippen LogP contribution < -0.4 is 0 Å². The molecule has 0 saturated carbocycles. The lowest BCUT2D eigenvalue weighted by Crippen LogP contribution is -2.27. The van der Waals surface area contributed by atoms with Crippen LogP contribution in [0.2, 0.25) is 0 Å². The van der Waals surface area contributed by atoms with Gasteiger partial charge in [0.1, 0.15) is 6.10 Å². The van der Waals surface area contributed by atoms with Crippen molar-refractivity contribution in [2.24, 2.45) is 0 Å². The highest BCUT2D eigenvalue weighted by molar-refractivity contribution is 8.13. The molecule has 10 heteroatoms. The minimum Gasteiger partial charge on any atom is -0.389 e. The van der Waals surface area contributed by atoms with Crippen molar-refractivity contribution in [1.29, 1.82) is 0 Å². The highest BCUT2D eigenvalue weighted by atomic mass is 32.2. The van der Waals surface area contributed by atoms with E-state index in [1.807, 2.05) is 0 Å². The normalized spacial score (nSPS) is 15.3. The standard InChI is InChI=1S/C13H12F6O3S/c1-6(20)23-5-9(21)11(22)10-7(12(14,15)16)3-2-4-8(10)13(17,18)19/h2-4,9,11,21-22H,5H2,1H3. The first-order chi connectivity index (χ1) is 10.4. The summed E-state index contributed by atoms with van der Waals surface area (Å²) in [5.41, 5.74) is -4.83. The van der Waals surface area contributed by atoms with E-state index in [0.717, 1.165) is 6.92 Å². The summed E-state index contributed by atoms with van der Waals surface area (Å²) in [5.74, 6) is -0.542. The number of benzene rings is 1. The SMILES string of the molecule is CC(=O)SCC(O)C(O)c1c(C(F)(F)F)cccc1C(F)(F)F. The van der Waals surface area contributed by atoms with E-state index in [1.165, 1.54) is 0 Å². The van der Waals surface area contributed by atoms with Gasteiger partial charge in [0, 0.05) is 18.2 Å². The summed E-state index contributed by atoms with van der Waals surface area (Å²) in [7, 11) is 0. The monoisotopic (exact) mass is 362 g/mol. The number of thioether (sulfide) groups is 1. The molecule has 0 amide bonds. The van der Waals surface area contributed by atoms with Crippen LogP contribution in [0.4, 0.5) is 26.3 Å². The number of rotatable bonds is 4. The van der Waals surface area contributed by atoms with E-state index < -0.39 is 52.1 Å². The summed E-state index contributed by atoms with van der Waals surface area (Å²) in [6.45, 7) is 1.11. The Morgan fingerprint density at radius 1 is 1.09 bits per heavy atom. The highest BCUT2D eigenvalue weighted by Crippen LogP contribution is 2.42. The van der Waals surface area contributed by atoms with Crippen LogP contribution in [0.25, 0.3) is 0 Å². The quantitative estimate of drug-likeness (QED) is 0.806. The van der Waals surface area contributed by atoms with Crippen molar-refractivity contribution < 1.29 is 41.4 Å². The number of aliphatic hydroxyl groups excluding tert-OH is 2. The van der Waals surface area contributed by atoms with Crippen LogP contribution in [-0.2, 0) is 17.1 Å². The Labute approximate surface area is 131 Å². The van der Waals surface area contributed by atoms with Crippen molar-refractivity contribution in [3.8, 4) is 0 Å². The zero-order valence-electron chi connectivity index (χ0n) is 11.6. The molecule has 0 aromatic heterocycles. The molecular weight excluding hydrogens is 350 g/mol. The Morgan fingerprint density at radius 3 is 1.87 bits per heavy atom. The van der Waals surface area contributed by atoms with E-state index in [2.05, 4.69) is 0 Å². The first-order valence-electron chi connectivity index (χ1n) is 6.12. The molecule has 0 fully saturated rings. The molecule has 0 aliphatic carbocycles.